The third-order valence-electron chi connectivity index (χ3n) is 1.63. The molecule has 0 aliphatic carbocycles. The van der Waals surface area contributed by atoms with Crippen LogP contribution in [0.5, 0.6) is 0 Å². The van der Waals surface area contributed by atoms with E-state index in [4.69, 9.17) is 10.0 Å². The summed E-state index contributed by atoms with van der Waals surface area (Å²) in [5, 5.41) is 17.7. The SMILES string of the molecule is C=CCc1cccc(B(O)O)c1. The fraction of sp³-hybridized carbons (Fsp3) is 0.111. The van der Waals surface area contributed by atoms with Crippen molar-refractivity contribution in [2.24, 2.45) is 0 Å². The standard InChI is InChI=1S/C9H11BO2/c1-2-4-8-5-3-6-9(7-8)10(11)12/h2-3,5-7,11-12H,1,4H2. The lowest BCUT2D eigenvalue weighted by molar-refractivity contribution is 0.425. The van der Waals surface area contributed by atoms with Crippen LogP contribution in [-0.2, 0) is 6.42 Å². The molecule has 1 aromatic rings. The van der Waals surface area contributed by atoms with Crippen LogP contribution in [0.4, 0.5) is 0 Å². The Kier molecular flexibility index (Phi) is 3.08. The minimum atomic E-state index is -1.38. The molecular weight excluding hydrogens is 151 g/mol. The minimum absolute atomic E-state index is 0.523. The highest BCUT2D eigenvalue weighted by Crippen LogP contribution is 1.98. The normalized spacial score (nSPS) is 9.50. The molecule has 0 bridgehead atoms. The van der Waals surface area contributed by atoms with Gasteiger partial charge in [0.05, 0.1) is 0 Å². The topological polar surface area (TPSA) is 40.5 Å². The van der Waals surface area contributed by atoms with E-state index in [2.05, 4.69) is 6.58 Å². The molecule has 1 rings (SSSR count). The molecule has 0 atom stereocenters. The number of allylic oxidation sites excluding steroid dienone is 1. The van der Waals surface area contributed by atoms with Crippen molar-refractivity contribution in [3.8, 4) is 0 Å². The van der Waals surface area contributed by atoms with Crippen molar-refractivity contribution in [3.63, 3.8) is 0 Å². The summed E-state index contributed by atoms with van der Waals surface area (Å²) in [6, 6.07) is 7.16. The van der Waals surface area contributed by atoms with Gasteiger partial charge in [0.15, 0.2) is 0 Å². The molecule has 0 unspecified atom stereocenters. The molecule has 1 aromatic carbocycles. The molecule has 12 heavy (non-hydrogen) atoms. The molecule has 0 saturated carbocycles. The van der Waals surface area contributed by atoms with Crippen LogP contribution < -0.4 is 5.46 Å². The van der Waals surface area contributed by atoms with Gasteiger partial charge in [-0.1, -0.05) is 30.3 Å². The predicted octanol–water partition coefficient (Wildman–Crippen LogP) is 0.0949. The van der Waals surface area contributed by atoms with E-state index in [-0.39, 0.29) is 0 Å². The molecular formula is C9H11BO2. The summed E-state index contributed by atoms with van der Waals surface area (Å²) in [6.07, 6.45) is 2.53. The molecule has 2 N–H and O–H groups in total. The van der Waals surface area contributed by atoms with Crippen LogP contribution in [0.2, 0.25) is 0 Å². The molecule has 0 heterocycles. The van der Waals surface area contributed by atoms with Crippen molar-refractivity contribution in [2.75, 3.05) is 0 Å². The van der Waals surface area contributed by atoms with E-state index in [1.54, 1.807) is 24.3 Å². The van der Waals surface area contributed by atoms with Gasteiger partial charge in [-0.15, -0.1) is 6.58 Å². The first-order valence-electron chi connectivity index (χ1n) is 3.80. The lowest BCUT2D eigenvalue weighted by Crippen LogP contribution is -2.29. The minimum Gasteiger partial charge on any atom is -0.423 e. The highest BCUT2D eigenvalue weighted by Gasteiger charge is 2.09. The average Bonchev–Trinajstić information content (AvgIpc) is 2.05. The van der Waals surface area contributed by atoms with E-state index >= 15 is 0 Å². The van der Waals surface area contributed by atoms with E-state index in [0.717, 1.165) is 12.0 Å². The largest absolute Gasteiger partial charge is 0.488 e. The van der Waals surface area contributed by atoms with Gasteiger partial charge in [-0.2, -0.15) is 0 Å². The molecule has 3 heteroatoms. The van der Waals surface area contributed by atoms with Gasteiger partial charge in [-0.25, -0.2) is 0 Å². The van der Waals surface area contributed by atoms with Crippen LogP contribution in [0.25, 0.3) is 0 Å². The molecule has 0 fully saturated rings. The summed E-state index contributed by atoms with van der Waals surface area (Å²) in [5.41, 5.74) is 1.56. The van der Waals surface area contributed by atoms with Gasteiger partial charge in [-0.05, 0) is 17.4 Å². The third kappa shape index (κ3) is 2.22. The molecule has 0 aliphatic heterocycles. The molecule has 0 saturated heterocycles. The van der Waals surface area contributed by atoms with Crippen LogP contribution in [0.3, 0.4) is 0 Å². The van der Waals surface area contributed by atoms with Crippen molar-refractivity contribution in [2.45, 2.75) is 6.42 Å². The summed E-state index contributed by atoms with van der Waals surface area (Å²) in [7, 11) is -1.38. The number of benzene rings is 1. The van der Waals surface area contributed by atoms with Gasteiger partial charge in [0.2, 0.25) is 0 Å². The quantitative estimate of drug-likeness (QED) is 0.488. The molecule has 2 nitrogen and oxygen atoms in total. The average molecular weight is 162 g/mol. The van der Waals surface area contributed by atoms with E-state index in [0.29, 0.717) is 5.46 Å². The zero-order valence-corrected chi connectivity index (χ0v) is 6.77. The van der Waals surface area contributed by atoms with Crippen LogP contribution >= 0.6 is 0 Å². The van der Waals surface area contributed by atoms with Gasteiger partial charge < -0.3 is 10.0 Å². The molecule has 0 amide bonds. The maximum atomic E-state index is 8.85. The van der Waals surface area contributed by atoms with Gasteiger partial charge in [0, 0.05) is 0 Å². The first-order chi connectivity index (χ1) is 5.74. The maximum Gasteiger partial charge on any atom is 0.488 e. The predicted molar refractivity (Wildman–Crippen MR) is 50.2 cm³/mol. The second kappa shape index (κ2) is 4.09. The second-order valence-electron chi connectivity index (χ2n) is 2.61. The van der Waals surface area contributed by atoms with Gasteiger partial charge in [0.1, 0.15) is 0 Å². The fourth-order valence-corrected chi connectivity index (χ4v) is 1.05. The first kappa shape index (κ1) is 9.04. The Labute approximate surface area is 72.3 Å². The summed E-state index contributed by atoms with van der Waals surface area (Å²) in [4.78, 5) is 0. The fourth-order valence-electron chi connectivity index (χ4n) is 1.05. The molecule has 0 aliphatic rings. The summed E-state index contributed by atoms with van der Waals surface area (Å²) < 4.78 is 0. The highest BCUT2D eigenvalue weighted by molar-refractivity contribution is 6.58. The van der Waals surface area contributed by atoms with Crippen LogP contribution in [0.15, 0.2) is 36.9 Å². The van der Waals surface area contributed by atoms with E-state index in [1.165, 1.54) is 0 Å². The molecule has 0 aromatic heterocycles. The van der Waals surface area contributed by atoms with Gasteiger partial charge >= 0.3 is 7.12 Å². The van der Waals surface area contributed by atoms with E-state index in [9.17, 15) is 0 Å². The van der Waals surface area contributed by atoms with Crippen molar-refractivity contribution in [1.82, 2.24) is 0 Å². The zero-order chi connectivity index (χ0) is 8.97. The first-order valence-corrected chi connectivity index (χ1v) is 3.80. The maximum absolute atomic E-state index is 8.85. The summed E-state index contributed by atoms with van der Waals surface area (Å²) >= 11 is 0. The van der Waals surface area contributed by atoms with E-state index < -0.39 is 7.12 Å². The van der Waals surface area contributed by atoms with Crippen LogP contribution in [-0.4, -0.2) is 17.2 Å². The molecule has 62 valence electrons. The van der Waals surface area contributed by atoms with Gasteiger partial charge in [0.25, 0.3) is 0 Å². The Morgan fingerprint density at radius 2 is 2.17 bits per heavy atom. The molecule has 0 radical (unpaired) electrons. The van der Waals surface area contributed by atoms with Crippen molar-refractivity contribution in [3.05, 3.63) is 42.5 Å². The van der Waals surface area contributed by atoms with Crippen molar-refractivity contribution in [1.29, 1.82) is 0 Å². The number of hydrogen-bond donors (Lipinski definition) is 2. The highest BCUT2D eigenvalue weighted by atomic mass is 16.4. The Morgan fingerprint density at radius 3 is 2.75 bits per heavy atom. The zero-order valence-electron chi connectivity index (χ0n) is 6.77. The monoisotopic (exact) mass is 162 g/mol. The van der Waals surface area contributed by atoms with E-state index in [1.807, 2.05) is 6.07 Å². The van der Waals surface area contributed by atoms with Gasteiger partial charge in [-0.3, -0.25) is 0 Å². The lowest BCUT2D eigenvalue weighted by atomic mass is 9.79. The number of hydrogen-bond acceptors (Lipinski definition) is 2. The number of rotatable bonds is 3. The lowest BCUT2D eigenvalue weighted by Gasteiger charge is -2.01. The smallest absolute Gasteiger partial charge is 0.423 e. The van der Waals surface area contributed by atoms with Crippen LogP contribution in [0, 0.1) is 0 Å². The molecule has 0 spiro atoms. The van der Waals surface area contributed by atoms with Crippen molar-refractivity contribution < 1.29 is 10.0 Å². The Hall–Kier alpha value is -1.06. The van der Waals surface area contributed by atoms with Crippen molar-refractivity contribution >= 4 is 12.6 Å². The summed E-state index contributed by atoms with van der Waals surface area (Å²) in [6.45, 7) is 3.61. The Bertz CT molecular complexity index is 271. The Balaban J connectivity index is 2.87. The third-order valence-corrected chi connectivity index (χ3v) is 1.63. The van der Waals surface area contributed by atoms with Crippen LogP contribution in [0.1, 0.15) is 5.56 Å². The Morgan fingerprint density at radius 1 is 1.42 bits per heavy atom. The summed E-state index contributed by atoms with van der Waals surface area (Å²) in [5.74, 6) is 0. The second-order valence-corrected chi connectivity index (χ2v) is 2.61.